The molecule has 5 nitrogen and oxygen atoms in total. The predicted octanol–water partition coefficient (Wildman–Crippen LogP) is 1.99. The van der Waals surface area contributed by atoms with Crippen molar-refractivity contribution in [3.05, 3.63) is 0 Å². The average molecular weight is 284 g/mol. The van der Waals surface area contributed by atoms with Crippen LogP contribution in [-0.4, -0.2) is 50.0 Å². The minimum absolute atomic E-state index is 0.0150. The molecule has 0 radical (unpaired) electrons. The van der Waals surface area contributed by atoms with E-state index in [1.54, 1.807) is 19.0 Å². The van der Waals surface area contributed by atoms with Crippen LogP contribution in [-0.2, 0) is 4.79 Å². The zero-order valence-corrected chi connectivity index (χ0v) is 13.8. The summed E-state index contributed by atoms with van der Waals surface area (Å²) in [7, 11) is 3.50. The van der Waals surface area contributed by atoms with Crippen molar-refractivity contribution in [3.63, 3.8) is 0 Å². The van der Waals surface area contributed by atoms with Crippen LogP contribution in [0.1, 0.15) is 52.9 Å². The number of hydrogen-bond donors (Lipinski definition) is 2. The highest BCUT2D eigenvalue weighted by Gasteiger charge is 2.07. The molecule has 0 aliphatic rings. The molecule has 118 valence electrons. The second kappa shape index (κ2) is 11.6. The maximum atomic E-state index is 11.6. The first-order chi connectivity index (χ1) is 9.51. The van der Waals surface area contributed by atoms with Gasteiger partial charge in [-0.1, -0.05) is 33.1 Å². The monoisotopic (exact) mass is 284 g/mol. The third-order valence-electron chi connectivity index (χ3n) is 3.04. The Labute approximate surface area is 124 Å². The number of aliphatic imine (C=N–C) groups is 1. The zero-order chi connectivity index (χ0) is 15.4. The highest BCUT2D eigenvalue weighted by molar-refractivity contribution is 5.84. The van der Waals surface area contributed by atoms with Gasteiger partial charge in [-0.05, 0) is 19.8 Å². The van der Waals surface area contributed by atoms with Crippen LogP contribution < -0.4 is 10.6 Å². The van der Waals surface area contributed by atoms with Crippen LogP contribution >= 0.6 is 0 Å². The predicted molar refractivity (Wildman–Crippen MR) is 86.0 cm³/mol. The van der Waals surface area contributed by atoms with Gasteiger partial charge in [0.15, 0.2) is 5.96 Å². The fraction of sp³-hybridized carbons (Fsp3) is 0.867. The second-order valence-electron chi connectivity index (χ2n) is 5.42. The summed E-state index contributed by atoms with van der Waals surface area (Å²) in [5.41, 5.74) is 0. The van der Waals surface area contributed by atoms with E-state index in [-0.39, 0.29) is 12.5 Å². The molecule has 1 atom stereocenters. The summed E-state index contributed by atoms with van der Waals surface area (Å²) in [5, 5.41) is 6.63. The van der Waals surface area contributed by atoms with Crippen LogP contribution in [0.2, 0.25) is 0 Å². The maximum absolute atomic E-state index is 11.6. The van der Waals surface area contributed by atoms with Crippen molar-refractivity contribution in [1.29, 1.82) is 0 Å². The minimum atomic E-state index is 0.0150. The summed E-state index contributed by atoms with van der Waals surface area (Å²) in [6.07, 6.45) is 5.89. The number of carbonyl (C=O) groups excluding carboxylic acids is 1. The third-order valence-corrected chi connectivity index (χ3v) is 3.04. The molecule has 0 fully saturated rings. The normalized spacial score (nSPS) is 12.9. The van der Waals surface area contributed by atoms with E-state index in [0.29, 0.717) is 6.04 Å². The molecule has 0 rings (SSSR count). The quantitative estimate of drug-likeness (QED) is 0.387. The van der Waals surface area contributed by atoms with Crippen LogP contribution in [0.25, 0.3) is 0 Å². The largest absolute Gasteiger partial charge is 0.356 e. The molecule has 2 N–H and O–H groups in total. The number of amides is 1. The molecule has 0 aliphatic heterocycles. The van der Waals surface area contributed by atoms with E-state index in [0.717, 1.165) is 25.3 Å². The standard InChI is InChI=1S/C15H32N4O/c1-6-8-9-10-13(3)18-15(16-11-7-2)17-12-14(20)19(4)5/h13H,6-12H2,1-5H3,(H2,16,17,18). The van der Waals surface area contributed by atoms with E-state index in [2.05, 4.69) is 36.4 Å². The van der Waals surface area contributed by atoms with Gasteiger partial charge in [-0.2, -0.15) is 0 Å². The number of unbranched alkanes of at least 4 members (excludes halogenated alkanes) is 2. The van der Waals surface area contributed by atoms with Crippen LogP contribution in [0.5, 0.6) is 0 Å². The summed E-state index contributed by atoms with van der Waals surface area (Å²) in [6, 6.07) is 0.374. The first kappa shape index (κ1) is 18.7. The Morgan fingerprint density at radius 3 is 2.45 bits per heavy atom. The topological polar surface area (TPSA) is 56.7 Å². The summed E-state index contributed by atoms with van der Waals surface area (Å²) in [5.74, 6) is 0.757. The molecule has 0 bridgehead atoms. The first-order valence-electron chi connectivity index (χ1n) is 7.76. The lowest BCUT2D eigenvalue weighted by molar-refractivity contribution is -0.127. The number of carbonyl (C=O) groups is 1. The Hall–Kier alpha value is -1.26. The Morgan fingerprint density at radius 2 is 1.90 bits per heavy atom. The number of likely N-dealkylation sites (N-methyl/N-ethyl adjacent to an activating group) is 1. The van der Waals surface area contributed by atoms with E-state index in [9.17, 15) is 4.79 Å². The zero-order valence-electron chi connectivity index (χ0n) is 13.8. The van der Waals surface area contributed by atoms with Gasteiger partial charge in [-0.3, -0.25) is 4.79 Å². The second-order valence-corrected chi connectivity index (χ2v) is 5.42. The smallest absolute Gasteiger partial charge is 0.243 e. The Kier molecular flexibility index (Phi) is 10.8. The number of guanidine groups is 1. The summed E-state index contributed by atoms with van der Waals surface area (Å²) in [6.45, 7) is 7.53. The molecule has 0 saturated heterocycles. The molecule has 0 aromatic carbocycles. The third kappa shape index (κ3) is 9.64. The first-order valence-corrected chi connectivity index (χ1v) is 7.76. The Morgan fingerprint density at radius 1 is 1.20 bits per heavy atom. The van der Waals surface area contributed by atoms with Gasteiger partial charge >= 0.3 is 0 Å². The fourth-order valence-electron chi connectivity index (χ4n) is 1.69. The molecular formula is C15H32N4O. The minimum Gasteiger partial charge on any atom is -0.356 e. The van der Waals surface area contributed by atoms with E-state index >= 15 is 0 Å². The van der Waals surface area contributed by atoms with Gasteiger partial charge in [0.2, 0.25) is 5.91 Å². The lowest BCUT2D eigenvalue weighted by atomic mass is 10.1. The van der Waals surface area contributed by atoms with E-state index in [1.807, 2.05) is 0 Å². The van der Waals surface area contributed by atoms with Crippen LogP contribution in [0.3, 0.4) is 0 Å². The molecule has 0 spiro atoms. The summed E-state index contributed by atoms with van der Waals surface area (Å²) >= 11 is 0. The van der Waals surface area contributed by atoms with Crippen LogP contribution in [0.15, 0.2) is 4.99 Å². The van der Waals surface area contributed by atoms with Crippen molar-refractivity contribution < 1.29 is 4.79 Å². The summed E-state index contributed by atoms with van der Waals surface area (Å²) < 4.78 is 0. The van der Waals surface area contributed by atoms with Crippen molar-refractivity contribution in [2.24, 2.45) is 4.99 Å². The molecule has 0 heterocycles. The fourth-order valence-corrected chi connectivity index (χ4v) is 1.69. The van der Waals surface area contributed by atoms with Crippen molar-refractivity contribution in [2.45, 2.75) is 58.9 Å². The molecule has 1 unspecified atom stereocenters. The van der Waals surface area contributed by atoms with Crippen molar-refractivity contribution in [1.82, 2.24) is 15.5 Å². The van der Waals surface area contributed by atoms with Crippen molar-refractivity contribution in [3.8, 4) is 0 Å². The highest BCUT2D eigenvalue weighted by atomic mass is 16.2. The van der Waals surface area contributed by atoms with E-state index in [1.165, 1.54) is 19.3 Å². The molecule has 1 amide bonds. The van der Waals surface area contributed by atoms with Gasteiger partial charge in [0.05, 0.1) is 0 Å². The molecular weight excluding hydrogens is 252 g/mol. The maximum Gasteiger partial charge on any atom is 0.243 e. The Balaban J connectivity index is 4.31. The van der Waals surface area contributed by atoms with E-state index in [4.69, 9.17) is 0 Å². The van der Waals surface area contributed by atoms with Crippen molar-refractivity contribution in [2.75, 3.05) is 27.2 Å². The Bertz CT molecular complexity index is 290. The van der Waals surface area contributed by atoms with Gasteiger partial charge in [-0.25, -0.2) is 4.99 Å². The van der Waals surface area contributed by atoms with Crippen LogP contribution in [0.4, 0.5) is 0 Å². The lowest BCUT2D eigenvalue weighted by Gasteiger charge is -2.18. The summed E-state index contributed by atoms with van der Waals surface area (Å²) in [4.78, 5) is 17.5. The van der Waals surface area contributed by atoms with Gasteiger partial charge in [0.1, 0.15) is 6.54 Å². The van der Waals surface area contributed by atoms with Crippen molar-refractivity contribution >= 4 is 11.9 Å². The van der Waals surface area contributed by atoms with Gasteiger partial charge in [0.25, 0.3) is 0 Å². The van der Waals surface area contributed by atoms with Crippen LogP contribution in [0, 0.1) is 0 Å². The molecule has 0 aromatic heterocycles. The highest BCUT2D eigenvalue weighted by Crippen LogP contribution is 2.02. The lowest BCUT2D eigenvalue weighted by Crippen LogP contribution is -2.43. The molecule has 5 heteroatoms. The number of rotatable bonds is 9. The molecule has 0 aliphatic carbocycles. The van der Waals surface area contributed by atoms with Gasteiger partial charge in [-0.15, -0.1) is 0 Å². The molecule has 0 saturated carbocycles. The number of hydrogen-bond acceptors (Lipinski definition) is 2. The van der Waals surface area contributed by atoms with Gasteiger partial charge in [0, 0.05) is 26.7 Å². The SMILES string of the molecule is CCCCCC(C)NC(=NCC(=O)N(C)C)NCCC. The molecule has 20 heavy (non-hydrogen) atoms. The molecule has 0 aromatic rings. The average Bonchev–Trinajstić information content (AvgIpc) is 2.41. The number of nitrogens with one attached hydrogen (secondary N) is 2. The van der Waals surface area contributed by atoms with Gasteiger partial charge < -0.3 is 15.5 Å². The number of nitrogens with zero attached hydrogens (tertiary/aromatic N) is 2. The van der Waals surface area contributed by atoms with E-state index < -0.39 is 0 Å².